The first-order valence-corrected chi connectivity index (χ1v) is 5.48. The van der Waals surface area contributed by atoms with Gasteiger partial charge in [0.1, 0.15) is 18.2 Å². The van der Waals surface area contributed by atoms with E-state index in [4.69, 9.17) is 9.84 Å². The summed E-state index contributed by atoms with van der Waals surface area (Å²) in [6, 6.07) is -1.46. The molecule has 102 valence electrons. The molecule has 6 heteroatoms. The average molecular weight is 253 g/mol. The lowest BCUT2D eigenvalue weighted by molar-refractivity contribution is -0.0908. The second-order valence-electron chi connectivity index (χ2n) is 5.29. The van der Waals surface area contributed by atoms with Crippen molar-refractivity contribution in [3.8, 4) is 0 Å². The quantitative estimate of drug-likeness (QED) is 0.807. The van der Waals surface area contributed by atoms with Crippen LogP contribution in [-0.4, -0.2) is 35.4 Å². The van der Waals surface area contributed by atoms with Crippen molar-refractivity contribution in [2.24, 2.45) is 5.92 Å². The van der Waals surface area contributed by atoms with Crippen LogP contribution < -0.4 is 5.32 Å². The molecule has 0 rings (SSSR count). The summed E-state index contributed by atoms with van der Waals surface area (Å²) >= 11 is 0. The van der Waals surface area contributed by atoms with E-state index in [0.717, 1.165) is 0 Å². The van der Waals surface area contributed by atoms with Gasteiger partial charge in [0.25, 0.3) is 5.92 Å². The topological polar surface area (TPSA) is 58.6 Å². The second-order valence-corrected chi connectivity index (χ2v) is 5.29. The Labute approximate surface area is 100 Å². The van der Waals surface area contributed by atoms with Crippen LogP contribution in [-0.2, 0) is 4.74 Å². The number of hydrogen-bond donors (Lipinski definition) is 2. The molecule has 0 fully saturated rings. The van der Waals surface area contributed by atoms with Crippen LogP contribution in [0.1, 0.15) is 34.6 Å². The van der Waals surface area contributed by atoms with E-state index < -0.39 is 36.2 Å². The van der Waals surface area contributed by atoms with E-state index in [1.807, 2.05) is 0 Å². The Morgan fingerprint density at radius 1 is 1.35 bits per heavy atom. The maximum Gasteiger partial charge on any atom is 0.408 e. The Bertz CT molecular complexity index is 262. The number of rotatable bonds is 4. The summed E-state index contributed by atoms with van der Waals surface area (Å²) in [5, 5.41) is 10.7. The first-order chi connectivity index (χ1) is 7.49. The molecular weight excluding hydrogens is 232 g/mol. The molecule has 2 N–H and O–H groups in total. The fourth-order valence-electron chi connectivity index (χ4n) is 1.29. The smallest absolute Gasteiger partial charge is 0.408 e. The van der Waals surface area contributed by atoms with Gasteiger partial charge < -0.3 is 15.2 Å². The molecule has 1 unspecified atom stereocenters. The molecule has 0 aromatic heterocycles. The maximum atomic E-state index is 13.3. The predicted octanol–water partition coefficient (Wildman–Crippen LogP) is 2.16. The van der Waals surface area contributed by atoms with Gasteiger partial charge in [-0.3, -0.25) is 0 Å². The minimum absolute atomic E-state index is 0.523. The average Bonchev–Trinajstić information content (AvgIpc) is 2.10. The number of hydrogen-bond acceptors (Lipinski definition) is 3. The molecule has 0 aliphatic carbocycles. The predicted molar refractivity (Wildman–Crippen MR) is 60.0 cm³/mol. The molecule has 0 spiro atoms. The largest absolute Gasteiger partial charge is 0.444 e. The number of halogens is 2. The van der Waals surface area contributed by atoms with Crippen molar-refractivity contribution in [3.63, 3.8) is 0 Å². The van der Waals surface area contributed by atoms with E-state index in [1.165, 1.54) is 13.8 Å². The van der Waals surface area contributed by atoms with Crippen molar-refractivity contribution in [2.45, 2.75) is 52.2 Å². The van der Waals surface area contributed by atoms with E-state index in [-0.39, 0.29) is 0 Å². The summed E-state index contributed by atoms with van der Waals surface area (Å²) in [5.74, 6) is -3.89. The Balaban J connectivity index is 4.63. The number of alkyl carbamates (subject to hydrolysis) is 1. The number of carbonyl (C=O) groups is 1. The number of carbonyl (C=O) groups excluding carboxylic acids is 1. The molecule has 0 aromatic rings. The van der Waals surface area contributed by atoms with Crippen LogP contribution >= 0.6 is 0 Å². The molecule has 0 radical (unpaired) electrons. The van der Waals surface area contributed by atoms with Gasteiger partial charge in [-0.15, -0.1) is 0 Å². The van der Waals surface area contributed by atoms with Crippen LogP contribution in [0.25, 0.3) is 0 Å². The zero-order valence-electron chi connectivity index (χ0n) is 10.9. The van der Waals surface area contributed by atoms with Gasteiger partial charge in [-0.25, -0.2) is 13.6 Å². The van der Waals surface area contributed by atoms with Gasteiger partial charge in [0.2, 0.25) is 0 Å². The van der Waals surface area contributed by atoms with E-state index in [9.17, 15) is 13.6 Å². The van der Waals surface area contributed by atoms with Crippen LogP contribution in [0.3, 0.4) is 0 Å². The van der Waals surface area contributed by atoms with Gasteiger partial charge in [0.15, 0.2) is 0 Å². The lowest BCUT2D eigenvalue weighted by Crippen LogP contribution is -2.53. The van der Waals surface area contributed by atoms with Crippen molar-refractivity contribution < 1.29 is 23.4 Å². The second kappa shape index (κ2) is 5.62. The first kappa shape index (κ1) is 16.1. The number of amides is 1. The Hall–Kier alpha value is -0.910. The standard InChI is InChI=1S/C11H21F2NO3/c1-7(2)8(11(12,13)6-15)14-9(16)17-10(3,4)5/h7-8,15H,6H2,1-5H3,(H,14,16). The number of ether oxygens (including phenoxy) is 1. The van der Waals surface area contributed by atoms with E-state index in [0.29, 0.717) is 0 Å². The highest BCUT2D eigenvalue weighted by Gasteiger charge is 2.42. The highest BCUT2D eigenvalue weighted by Crippen LogP contribution is 2.24. The third-order valence-electron chi connectivity index (χ3n) is 2.00. The van der Waals surface area contributed by atoms with Crippen molar-refractivity contribution in [2.75, 3.05) is 6.61 Å². The summed E-state index contributed by atoms with van der Waals surface area (Å²) in [4.78, 5) is 11.4. The molecule has 0 heterocycles. The van der Waals surface area contributed by atoms with Crippen molar-refractivity contribution in [3.05, 3.63) is 0 Å². The van der Waals surface area contributed by atoms with Gasteiger partial charge in [0, 0.05) is 0 Å². The van der Waals surface area contributed by atoms with Crippen molar-refractivity contribution >= 4 is 6.09 Å². The van der Waals surface area contributed by atoms with E-state index >= 15 is 0 Å². The summed E-state index contributed by atoms with van der Waals surface area (Å²) in [5.41, 5.74) is -0.750. The molecule has 17 heavy (non-hydrogen) atoms. The molecule has 0 saturated carbocycles. The minimum Gasteiger partial charge on any atom is -0.444 e. The third-order valence-corrected chi connectivity index (χ3v) is 2.00. The van der Waals surface area contributed by atoms with E-state index in [1.54, 1.807) is 20.8 Å². The fraction of sp³-hybridized carbons (Fsp3) is 0.909. The Morgan fingerprint density at radius 2 is 1.82 bits per heavy atom. The molecule has 0 saturated heterocycles. The minimum atomic E-state index is -3.37. The maximum absolute atomic E-state index is 13.3. The molecule has 4 nitrogen and oxygen atoms in total. The number of aliphatic hydroxyl groups is 1. The monoisotopic (exact) mass is 253 g/mol. The lowest BCUT2D eigenvalue weighted by atomic mass is 9.98. The van der Waals surface area contributed by atoms with Crippen molar-refractivity contribution in [1.29, 1.82) is 0 Å². The van der Waals surface area contributed by atoms with Gasteiger partial charge in [-0.2, -0.15) is 0 Å². The SMILES string of the molecule is CC(C)C(NC(=O)OC(C)(C)C)C(F)(F)CO. The number of alkyl halides is 2. The van der Waals surface area contributed by atoms with Gasteiger partial charge >= 0.3 is 6.09 Å². The lowest BCUT2D eigenvalue weighted by Gasteiger charge is -2.30. The van der Waals surface area contributed by atoms with Crippen LogP contribution in [0.5, 0.6) is 0 Å². The molecular formula is C11H21F2NO3. The molecule has 0 bridgehead atoms. The highest BCUT2D eigenvalue weighted by molar-refractivity contribution is 5.68. The van der Waals surface area contributed by atoms with Gasteiger partial charge in [-0.05, 0) is 26.7 Å². The van der Waals surface area contributed by atoms with Crippen LogP contribution in [0.4, 0.5) is 13.6 Å². The highest BCUT2D eigenvalue weighted by atomic mass is 19.3. The molecule has 1 atom stereocenters. The normalized spacial score (nSPS) is 14.6. The molecule has 0 aliphatic rings. The van der Waals surface area contributed by atoms with Gasteiger partial charge in [0.05, 0.1) is 0 Å². The van der Waals surface area contributed by atoms with Gasteiger partial charge in [-0.1, -0.05) is 13.8 Å². The fourth-order valence-corrected chi connectivity index (χ4v) is 1.29. The number of nitrogens with one attached hydrogen (secondary N) is 1. The molecule has 0 aromatic carbocycles. The van der Waals surface area contributed by atoms with Crippen LogP contribution in [0.15, 0.2) is 0 Å². The summed E-state index contributed by atoms with van der Waals surface area (Å²) in [7, 11) is 0. The summed E-state index contributed by atoms with van der Waals surface area (Å²) < 4.78 is 31.6. The molecule has 1 amide bonds. The summed E-state index contributed by atoms with van der Waals surface area (Å²) in [6.45, 7) is 6.67. The zero-order valence-corrected chi connectivity index (χ0v) is 10.9. The zero-order chi connectivity index (χ0) is 13.9. The van der Waals surface area contributed by atoms with Crippen LogP contribution in [0.2, 0.25) is 0 Å². The number of aliphatic hydroxyl groups excluding tert-OH is 1. The van der Waals surface area contributed by atoms with E-state index in [2.05, 4.69) is 5.32 Å². The first-order valence-electron chi connectivity index (χ1n) is 5.48. The Morgan fingerprint density at radius 3 is 2.12 bits per heavy atom. The van der Waals surface area contributed by atoms with Crippen molar-refractivity contribution in [1.82, 2.24) is 5.32 Å². The summed E-state index contributed by atoms with van der Waals surface area (Å²) in [6.07, 6.45) is -0.913. The van der Waals surface area contributed by atoms with Crippen LogP contribution in [0, 0.1) is 5.92 Å². The Kier molecular flexibility index (Phi) is 5.32. The molecule has 0 aliphatic heterocycles. The third kappa shape index (κ3) is 5.81.